The molecule has 1 amide bonds. The Kier molecular flexibility index (Phi) is 3.01. The van der Waals surface area contributed by atoms with Gasteiger partial charge in [0.1, 0.15) is 11.6 Å². The molecular formula is C12H19NO5. The highest BCUT2D eigenvalue weighted by molar-refractivity contribution is 5.81. The van der Waals surface area contributed by atoms with E-state index in [1.54, 1.807) is 20.8 Å². The van der Waals surface area contributed by atoms with Crippen LogP contribution in [0.4, 0.5) is 4.79 Å². The maximum absolute atomic E-state index is 12.0. The Balaban J connectivity index is 2.10. The number of likely N-dealkylation sites (tertiary alicyclic amines) is 1. The standard InChI is InChI=1S/C12H19NO5/c1-11(2,3)18-10(16)13-5-12(6-17-7-12)4-8(13)9(14)15/h8H,4-7H2,1-3H3,(H,14,15). The lowest BCUT2D eigenvalue weighted by Crippen LogP contribution is -2.46. The number of hydrogen-bond acceptors (Lipinski definition) is 4. The van der Waals surface area contributed by atoms with Crippen molar-refractivity contribution in [1.82, 2.24) is 4.90 Å². The predicted molar refractivity (Wildman–Crippen MR) is 62.2 cm³/mol. The van der Waals surface area contributed by atoms with Gasteiger partial charge in [-0.1, -0.05) is 0 Å². The summed E-state index contributed by atoms with van der Waals surface area (Å²) in [5, 5.41) is 9.19. The fourth-order valence-electron chi connectivity index (χ4n) is 2.39. The van der Waals surface area contributed by atoms with E-state index >= 15 is 0 Å². The molecule has 0 bridgehead atoms. The molecule has 0 aromatic carbocycles. The minimum absolute atomic E-state index is 0.181. The third-order valence-corrected chi connectivity index (χ3v) is 3.24. The lowest BCUT2D eigenvalue weighted by Gasteiger charge is -2.37. The number of carboxylic acid groups (broad SMARTS) is 1. The molecule has 2 aliphatic heterocycles. The fraction of sp³-hybridized carbons (Fsp3) is 0.833. The third-order valence-electron chi connectivity index (χ3n) is 3.24. The van der Waals surface area contributed by atoms with E-state index in [0.717, 1.165) is 0 Å². The average molecular weight is 257 g/mol. The molecule has 2 rings (SSSR count). The van der Waals surface area contributed by atoms with Gasteiger partial charge in [-0.05, 0) is 27.2 Å². The van der Waals surface area contributed by atoms with Crippen LogP contribution in [0, 0.1) is 5.41 Å². The Morgan fingerprint density at radius 1 is 1.39 bits per heavy atom. The highest BCUT2D eigenvalue weighted by atomic mass is 16.6. The number of rotatable bonds is 1. The van der Waals surface area contributed by atoms with Gasteiger partial charge in [-0.25, -0.2) is 9.59 Å². The Morgan fingerprint density at radius 3 is 2.39 bits per heavy atom. The van der Waals surface area contributed by atoms with Crippen LogP contribution in [0.15, 0.2) is 0 Å². The van der Waals surface area contributed by atoms with Gasteiger partial charge in [0.2, 0.25) is 0 Å². The molecule has 2 heterocycles. The summed E-state index contributed by atoms with van der Waals surface area (Å²) in [6.07, 6.45) is -0.111. The van der Waals surface area contributed by atoms with Crippen molar-refractivity contribution in [2.24, 2.45) is 5.41 Å². The average Bonchev–Trinajstić information content (AvgIpc) is 2.54. The molecule has 2 fully saturated rings. The number of carboxylic acids is 1. The number of nitrogens with zero attached hydrogens (tertiary/aromatic N) is 1. The van der Waals surface area contributed by atoms with Crippen LogP contribution in [0.3, 0.4) is 0 Å². The first kappa shape index (κ1) is 13.1. The molecule has 0 aromatic rings. The highest BCUT2D eigenvalue weighted by Crippen LogP contribution is 2.41. The number of carbonyl (C=O) groups is 2. The van der Waals surface area contributed by atoms with Crippen molar-refractivity contribution >= 4 is 12.1 Å². The molecule has 2 saturated heterocycles. The maximum atomic E-state index is 12.0. The minimum Gasteiger partial charge on any atom is -0.480 e. The summed E-state index contributed by atoms with van der Waals surface area (Å²) in [7, 11) is 0. The Morgan fingerprint density at radius 2 is 2.00 bits per heavy atom. The van der Waals surface area contributed by atoms with Gasteiger partial charge in [0.15, 0.2) is 0 Å². The summed E-state index contributed by atoms with van der Waals surface area (Å²) in [6.45, 7) is 6.74. The van der Waals surface area contributed by atoms with Crippen LogP contribution >= 0.6 is 0 Å². The molecule has 6 nitrogen and oxygen atoms in total. The lowest BCUT2D eigenvalue weighted by molar-refractivity contribution is -0.142. The molecule has 0 aromatic heterocycles. The highest BCUT2D eigenvalue weighted by Gasteiger charge is 2.53. The van der Waals surface area contributed by atoms with Gasteiger partial charge in [0.25, 0.3) is 0 Å². The van der Waals surface area contributed by atoms with Crippen molar-refractivity contribution in [1.29, 1.82) is 0 Å². The normalized spacial score (nSPS) is 25.9. The number of amides is 1. The van der Waals surface area contributed by atoms with Gasteiger partial charge >= 0.3 is 12.1 Å². The smallest absolute Gasteiger partial charge is 0.411 e. The van der Waals surface area contributed by atoms with E-state index in [1.807, 2.05) is 0 Å². The first-order valence-electron chi connectivity index (χ1n) is 6.03. The topological polar surface area (TPSA) is 76.1 Å². The molecule has 1 spiro atoms. The number of carbonyl (C=O) groups excluding carboxylic acids is 1. The van der Waals surface area contributed by atoms with Crippen molar-refractivity contribution < 1.29 is 24.2 Å². The zero-order chi connectivity index (χ0) is 13.6. The molecule has 1 unspecified atom stereocenters. The van der Waals surface area contributed by atoms with E-state index in [-0.39, 0.29) is 5.41 Å². The van der Waals surface area contributed by atoms with Crippen molar-refractivity contribution in [3.8, 4) is 0 Å². The first-order chi connectivity index (χ1) is 8.22. The van der Waals surface area contributed by atoms with Crippen molar-refractivity contribution in [2.75, 3.05) is 19.8 Å². The van der Waals surface area contributed by atoms with E-state index in [9.17, 15) is 14.7 Å². The summed E-state index contributed by atoms with van der Waals surface area (Å²) in [6, 6.07) is -0.802. The maximum Gasteiger partial charge on any atom is 0.411 e. The van der Waals surface area contributed by atoms with Gasteiger partial charge in [-0.2, -0.15) is 0 Å². The van der Waals surface area contributed by atoms with Gasteiger partial charge in [0.05, 0.1) is 13.2 Å². The second-order valence-electron chi connectivity index (χ2n) is 6.16. The van der Waals surface area contributed by atoms with E-state index in [1.165, 1.54) is 4.90 Å². The molecule has 6 heteroatoms. The quantitative estimate of drug-likeness (QED) is 0.761. The monoisotopic (exact) mass is 257 g/mol. The summed E-state index contributed by atoms with van der Waals surface area (Å²) in [5.74, 6) is -0.982. The van der Waals surface area contributed by atoms with Crippen molar-refractivity contribution in [3.63, 3.8) is 0 Å². The number of ether oxygens (including phenoxy) is 2. The molecule has 0 saturated carbocycles. The largest absolute Gasteiger partial charge is 0.480 e. The first-order valence-corrected chi connectivity index (χ1v) is 6.03. The fourth-order valence-corrected chi connectivity index (χ4v) is 2.39. The third kappa shape index (κ3) is 2.43. The van der Waals surface area contributed by atoms with Crippen LogP contribution < -0.4 is 0 Å². The lowest BCUT2D eigenvalue weighted by atomic mass is 9.84. The minimum atomic E-state index is -0.982. The van der Waals surface area contributed by atoms with E-state index < -0.39 is 23.7 Å². The van der Waals surface area contributed by atoms with E-state index in [0.29, 0.717) is 26.2 Å². The summed E-state index contributed by atoms with van der Waals surface area (Å²) in [4.78, 5) is 24.5. The van der Waals surface area contributed by atoms with Gasteiger partial charge in [-0.3, -0.25) is 4.90 Å². The van der Waals surface area contributed by atoms with Crippen LogP contribution in [-0.4, -0.2) is 53.5 Å². The Labute approximate surface area is 106 Å². The summed E-state index contributed by atoms with van der Waals surface area (Å²) >= 11 is 0. The Bertz CT molecular complexity index is 369. The van der Waals surface area contributed by atoms with Crippen LogP contribution in [0.25, 0.3) is 0 Å². The molecule has 1 atom stereocenters. The van der Waals surface area contributed by atoms with Gasteiger partial charge < -0.3 is 14.6 Å². The molecule has 0 aliphatic carbocycles. The van der Waals surface area contributed by atoms with Crippen molar-refractivity contribution in [2.45, 2.75) is 38.8 Å². The second-order valence-corrected chi connectivity index (χ2v) is 6.16. The Hall–Kier alpha value is -1.30. The molecule has 0 radical (unpaired) electrons. The SMILES string of the molecule is CC(C)(C)OC(=O)N1CC2(COC2)CC1C(=O)O. The molecule has 2 aliphatic rings. The molecule has 18 heavy (non-hydrogen) atoms. The molecule has 102 valence electrons. The number of hydrogen-bond donors (Lipinski definition) is 1. The molecule has 1 N–H and O–H groups in total. The van der Waals surface area contributed by atoms with E-state index in [2.05, 4.69) is 0 Å². The van der Waals surface area contributed by atoms with Crippen LogP contribution in [-0.2, 0) is 14.3 Å². The van der Waals surface area contributed by atoms with E-state index in [4.69, 9.17) is 9.47 Å². The van der Waals surface area contributed by atoms with Gasteiger partial charge in [0, 0.05) is 12.0 Å². The summed E-state index contributed by atoms with van der Waals surface area (Å²) in [5.41, 5.74) is -0.800. The van der Waals surface area contributed by atoms with Crippen LogP contribution in [0.2, 0.25) is 0 Å². The summed E-state index contributed by atoms with van der Waals surface area (Å²) < 4.78 is 10.4. The number of aliphatic carboxylic acids is 1. The van der Waals surface area contributed by atoms with Gasteiger partial charge in [-0.15, -0.1) is 0 Å². The zero-order valence-electron chi connectivity index (χ0n) is 10.9. The van der Waals surface area contributed by atoms with Crippen LogP contribution in [0.5, 0.6) is 0 Å². The van der Waals surface area contributed by atoms with Crippen molar-refractivity contribution in [3.05, 3.63) is 0 Å². The molecular weight excluding hydrogens is 238 g/mol. The zero-order valence-corrected chi connectivity index (χ0v) is 10.9. The van der Waals surface area contributed by atoms with Crippen LogP contribution in [0.1, 0.15) is 27.2 Å². The predicted octanol–water partition coefficient (Wildman–Crippen LogP) is 1.10. The second kappa shape index (κ2) is 4.12.